The van der Waals surface area contributed by atoms with Crippen LogP contribution >= 0.6 is 12.4 Å². The van der Waals surface area contributed by atoms with Gasteiger partial charge in [0, 0.05) is 37.3 Å². The second kappa shape index (κ2) is 8.10. The van der Waals surface area contributed by atoms with Crippen molar-refractivity contribution < 1.29 is 13.2 Å². The van der Waals surface area contributed by atoms with Crippen molar-refractivity contribution in [3.8, 4) is 0 Å². The summed E-state index contributed by atoms with van der Waals surface area (Å²) >= 11 is 0. The van der Waals surface area contributed by atoms with E-state index in [1.54, 1.807) is 30.9 Å². The normalized spacial score (nSPS) is 18.6. The highest BCUT2D eigenvalue weighted by atomic mass is 35.5. The molecule has 8 heteroatoms. The summed E-state index contributed by atoms with van der Waals surface area (Å²) < 4.78 is 27.0. The third-order valence-electron chi connectivity index (χ3n) is 3.54. The molecule has 1 fully saturated rings. The molecule has 1 atom stereocenters. The number of amides is 1. The van der Waals surface area contributed by atoms with Crippen molar-refractivity contribution in [1.82, 2.24) is 14.9 Å². The van der Waals surface area contributed by atoms with Crippen LogP contribution in [-0.4, -0.2) is 50.9 Å². The summed E-state index contributed by atoms with van der Waals surface area (Å²) in [5.74, 6) is -0.129. The summed E-state index contributed by atoms with van der Waals surface area (Å²) in [4.78, 5) is 14.5. The first-order valence-electron chi connectivity index (χ1n) is 7.45. The minimum Gasteiger partial charge on any atom is -0.333 e. The predicted molar refractivity (Wildman–Crippen MR) is 92.5 cm³/mol. The first-order valence-corrected chi connectivity index (χ1v) is 8.93. The molecule has 0 unspecified atom stereocenters. The lowest BCUT2D eigenvalue weighted by Crippen LogP contribution is -2.52. The van der Waals surface area contributed by atoms with Crippen molar-refractivity contribution >= 4 is 28.3 Å². The van der Waals surface area contributed by atoms with Gasteiger partial charge in [-0.3, -0.25) is 4.79 Å². The quantitative estimate of drug-likeness (QED) is 0.845. The van der Waals surface area contributed by atoms with E-state index in [0.717, 1.165) is 13.1 Å². The Kier molecular flexibility index (Phi) is 7.01. The first kappa shape index (κ1) is 19.9. The maximum atomic E-state index is 12.6. The molecule has 1 heterocycles. The van der Waals surface area contributed by atoms with Crippen LogP contribution in [0.5, 0.6) is 0 Å². The lowest BCUT2D eigenvalue weighted by Gasteiger charge is -2.34. The van der Waals surface area contributed by atoms with E-state index in [9.17, 15) is 13.2 Å². The van der Waals surface area contributed by atoms with Crippen LogP contribution in [0.3, 0.4) is 0 Å². The zero-order valence-corrected chi connectivity index (χ0v) is 15.2. The van der Waals surface area contributed by atoms with E-state index in [1.807, 2.05) is 6.92 Å². The number of carbonyl (C=O) groups is 1. The van der Waals surface area contributed by atoms with Crippen LogP contribution in [0.2, 0.25) is 0 Å². The van der Waals surface area contributed by atoms with Crippen LogP contribution < -0.4 is 10.0 Å². The fourth-order valence-electron chi connectivity index (χ4n) is 2.48. The molecule has 0 bridgehead atoms. The average molecular weight is 362 g/mol. The Labute approximate surface area is 144 Å². The predicted octanol–water partition coefficient (Wildman–Crippen LogP) is 1.23. The fourth-order valence-corrected chi connectivity index (χ4v) is 3.78. The number of sulfonamides is 1. The van der Waals surface area contributed by atoms with Gasteiger partial charge in [-0.2, -0.15) is 0 Å². The summed E-state index contributed by atoms with van der Waals surface area (Å²) in [7, 11) is -3.59. The van der Waals surface area contributed by atoms with Crippen molar-refractivity contribution in [2.24, 2.45) is 0 Å². The Hall–Kier alpha value is -1.15. The molecule has 23 heavy (non-hydrogen) atoms. The van der Waals surface area contributed by atoms with Crippen LogP contribution in [0.4, 0.5) is 0 Å². The third-order valence-corrected chi connectivity index (χ3v) is 5.20. The van der Waals surface area contributed by atoms with Gasteiger partial charge < -0.3 is 10.2 Å². The smallest absolute Gasteiger partial charge is 0.254 e. The second-order valence-corrected chi connectivity index (χ2v) is 7.57. The van der Waals surface area contributed by atoms with E-state index in [0.29, 0.717) is 12.1 Å². The molecule has 130 valence electrons. The molecule has 0 aliphatic carbocycles. The van der Waals surface area contributed by atoms with Gasteiger partial charge in [0.05, 0.1) is 4.90 Å². The molecule has 0 radical (unpaired) electrons. The van der Waals surface area contributed by atoms with Gasteiger partial charge in [0.1, 0.15) is 0 Å². The fraction of sp³-hybridized carbons (Fsp3) is 0.533. The Morgan fingerprint density at radius 1 is 1.39 bits per heavy atom. The highest BCUT2D eigenvalue weighted by molar-refractivity contribution is 7.89. The molecule has 0 spiro atoms. The minimum absolute atomic E-state index is 0. The van der Waals surface area contributed by atoms with E-state index in [-0.39, 0.29) is 35.3 Å². The third kappa shape index (κ3) is 4.91. The van der Waals surface area contributed by atoms with Gasteiger partial charge in [0.2, 0.25) is 10.0 Å². The monoisotopic (exact) mass is 361 g/mol. The summed E-state index contributed by atoms with van der Waals surface area (Å²) in [5.41, 5.74) is 0.403. The summed E-state index contributed by atoms with van der Waals surface area (Å²) in [6.07, 6.45) is 0. The second-order valence-electron chi connectivity index (χ2n) is 5.86. The Bertz CT molecular complexity index is 649. The van der Waals surface area contributed by atoms with Crippen molar-refractivity contribution in [3.63, 3.8) is 0 Å². The van der Waals surface area contributed by atoms with E-state index < -0.39 is 10.0 Å². The van der Waals surface area contributed by atoms with Gasteiger partial charge in [0.25, 0.3) is 5.91 Å². The molecule has 0 saturated carbocycles. The van der Waals surface area contributed by atoms with Crippen LogP contribution in [0.15, 0.2) is 29.2 Å². The van der Waals surface area contributed by atoms with Gasteiger partial charge in [-0.15, -0.1) is 12.4 Å². The molecule has 1 aliphatic heterocycles. The summed E-state index contributed by atoms with van der Waals surface area (Å²) in [6.45, 7) is 7.62. The number of carbonyl (C=O) groups excluding carboxylic acids is 1. The Morgan fingerprint density at radius 3 is 2.70 bits per heavy atom. The first-order chi connectivity index (χ1) is 10.3. The van der Waals surface area contributed by atoms with Crippen molar-refractivity contribution in [1.29, 1.82) is 0 Å². The maximum Gasteiger partial charge on any atom is 0.254 e. The number of nitrogens with one attached hydrogen (secondary N) is 2. The van der Waals surface area contributed by atoms with Gasteiger partial charge in [-0.25, -0.2) is 13.1 Å². The number of halogens is 1. The van der Waals surface area contributed by atoms with Gasteiger partial charge >= 0.3 is 0 Å². The summed E-state index contributed by atoms with van der Waals surface area (Å²) in [5, 5.41) is 3.23. The maximum absolute atomic E-state index is 12.6. The molecule has 2 rings (SSSR count). The standard InChI is InChI=1S/C15H23N3O3S.ClH/c1-11(2)17-22(20,21)14-6-4-5-13(9-14)15(19)18-8-7-16-10-12(18)3;/h4-6,9,11-12,16-17H,7-8,10H2,1-3H3;1H/t12-;/m0./s1. The van der Waals surface area contributed by atoms with Gasteiger partial charge in [-0.1, -0.05) is 6.07 Å². The number of piperazine rings is 1. The topological polar surface area (TPSA) is 78.5 Å². The van der Waals surface area contributed by atoms with Gasteiger partial charge in [0.15, 0.2) is 0 Å². The van der Waals surface area contributed by atoms with Crippen LogP contribution in [0, 0.1) is 0 Å². The molecule has 1 aromatic rings. The van der Waals surface area contributed by atoms with Crippen molar-refractivity contribution in [2.75, 3.05) is 19.6 Å². The highest BCUT2D eigenvalue weighted by Gasteiger charge is 2.25. The number of hydrogen-bond acceptors (Lipinski definition) is 4. The van der Waals surface area contributed by atoms with Crippen molar-refractivity contribution in [2.45, 2.75) is 37.8 Å². The lowest BCUT2D eigenvalue weighted by molar-refractivity contribution is 0.0655. The number of nitrogens with zero attached hydrogens (tertiary/aromatic N) is 1. The largest absolute Gasteiger partial charge is 0.333 e. The molecule has 6 nitrogen and oxygen atoms in total. The SMILES string of the molecule is CC(C)NS(=O)(=O)c1cccc(C(=O)N2CCNC[C@@H]2C)c1.Cl. The van der Waals surface area contributed by atoms with Crippen LogP contribution in [0.25, 0.3) is 0 Å². The number of rotatable bonds is 4. The number of benzene rings is 1. The Morgan fingerprint density at radius 2 is 2.09 bits per heavy atom. The zero-order valence-electron chi connectivity index (χ0n) is 13.6. The minimum atomic E-state index is -3.59. The molecule has 1 saturated heterocycles. The molecular formula is C15H24ClN3O3S. The van der Waals surface area contributed by atoms with Crippen LogP contribution in [-0.2, 0) is 10.0 Å². The van der Waals surface area contributed by atoms with Crippen LogP contribution in [0.1, 0.15) is 31.1 Å². The Balaban J connectivity index is 0.00000264. The molecule has 2 N–H and O–H groups in total. The summed E-state index contributed by atoms with van der Waals surface area (Å²) in [6, 6.07) is 6.11. The molecule has 1 amide bonds. The van der Waals surface area contributed by atoms with E-state index in [1.165, 1.54) is 12.1 Å². The van der Waals surface area contributed by atoms with E-state index in [4.69, 9.17) is 0 Å². The molecule has 1 aromatic carbocycles. The highest BCUT2D eigenvalue weighted by Crippen LogP contribution is 2.15. The number of hydrogen-bond donors (Lipinski definition) is 2. The van der Waals surface area contributed by atoms with Crippen molar-refractivity contribution in [3.05, 3.63) is 29.8 Å². The molecular weight excluding hydrogens is 338 g/mol. The molecule has 1 aliphatic rings. The van der Waals surface area contributed by atoms with E-state index in [2.05, 4.69) is 10.0 Å². The van der Waals surface area contributed by atoms with E-state index >= 15 is 0 Å². The average Bonchev–Trinajstić information content (AvgIpc) is 2.46. The zero-order chi connectivity index (χ0) is 16.3. The lowest BCUT2D eigenvalue weighted by atomic mass is 10.1. The molecule has 0 aromatic heterocycles. The van der Waals surface area contributed by atoms with Gasteiger partial charge in [-0.05, 0) is 39.0 Å².